The molecular formula is C13H14Cl2N4OS. The topological polar surface area (TPSA) is 62.7 Å². The van der Waals surface area contributed by atoms with Crippen molar-refractivity contribution < 1.29 is 4.79 Å². The predicted molar refractivity (Wildman–Crippen MR) is 85.6 cm³/mol. The second kappa shape index (κ2) is 7.06. The maximum absolute atomic E-state index is 12.0. The second-order valence-corrected chi connectivity index (χ2v) is 5.54. The first kappa shape index (κ1) is 16.0. The number of aromatic nitrogens is 3. The normalized spacial score (nSPS) is 10.6. The molecular weight excluding hydrogens is 331 g/mol. The summed E-state index contributed by atoms with van der Waals surface area (Å²) in [5, 5.41) is 10.4. The van der Waals surface area contributed by atoms with Crippen LogP contribution in [0, 0.1) is 4.77 Å². The van der Waals surface area contributed by atoms with Crippen molar-refractivity contribution in [2.24, 2.45) is 0 Å². The van der Waals surface area contributed by atoms with E-state index < -0.39 is 0 Å². The first-order valence-corrected chi connectivity index (χ1v) is 7.56. The number of carbonyl (C=O) groups excluding carboxylic acids is 1. The molecule has 112 valence electrons. The van der Waals surface area contributed by atoms with Gasteiger partial charge in [0.1, 0.15) is 5.82 Å². The Kier molecular flexibility index (Phi) is 5.39. The quantitative estimate of drug-likeness (QED) is 0.818. The van der Waals surface area contributed by atoms with Crippen LogP contribution in [0.15, 0.2) is 18.2 Å². The van der Waals surface area contributed by atoms with E-state index in [9.17, 15) is 4.79 Å². The number of halogens is 2. The van der Waals surface area contributed by atoms with E-state index in [0.717, 1.165) is 12.2 Å². The third-order valence-electron chi connectivity index (χ3n) is 2.96. The molecule has 1 aromatic carbocycles. The molecule has 0 aliphatic heterocycles. The van der Waals surface area contributed by atoms with Gasteiger partial charge in [-0.3, -0.25) is 9.89 Å². The number of nitrogens with one attached hydrogen (secondary N) is 2. The number of hydrogen-bond donors (Lipinski definition) is 2. The van der Waals surface area contributed by atoms with Crippen molar-refractivity contribution in [1.29, 1.82) is 0 Å². The van der Waals surface area contributed by atoms with Crippen molar-refractivity contribution in [1.82, 2.24) is 20.1 Å². The van der Waals surface area contributed by atoms with Crippen LogP contribution in [-0.2, 0) is 13.0 Å². The van der Waals surface area contributed by atoms with Gasteiger partial charge in [-0.05, 0) is 30.4 Å². The van der Waals surface area contributed by atoms with Gasteiger partial charge in [0.25, 0.3) is 5.91 Å². The highest BCUT2D eigenvalue weighted by atomic mass is 35.5. The van der Waals surface area contributed by atoms with Gasteiger partial charge in [-0.2, -0.15) is 5.10 Å². The highest BCUT2D eigenvalue weighted by molar-refractivity contribution is 7.71. The van der Waals surface area contributed by atoms with E-state index in [4.69, 9.17) is 35.4 Å². The zero-order valence-electron chi connectivity index (χ0n) is 11.3. The van der Waals surface area contributed by atoms with Crippen molar-refractivity contribution in [3.05, 3.63) is 44.4 Å². The molecule has 8 heteroatoms. The fourth-order valence-corrected chi connectivity index (χ4v) is 2.41. The van der Waals surface area contributed by atoms with E-state index in [-0.39, 0.29) is 5.91 Å². The number of benzene rings is 1. The lowest BCUT2D eigenvalue weighted by molar-refractivity contribution is 0.0952. The summed E-state index contributed by atoms with van der Waals surface area (Å²) in [6.45, 7) is 3.00. The third kappa shape index (κ3) is 3.84. The molecule has 2 rings (SSSR count). The lowest BCUT2D eigenvalue weighted by Crippen LogP contribution is -2.27. The number of aryl methyl sites for hydroxylation is 1. The molecule has 0 aliphatic carbocycles. The lowest BCUT2D eigenvalue weighted by atomic mass is 10.2. The monoisotopic (exact) mass is 344 g/mol. The summed E-state index contributed by atoms with van der Waals surface area (Å²) in [5.74, 6) is 0.658. The van der Waals surface area contributed by atoms with Crippen LogP contribution in [0.4, 0.5) is 0 Å². The molecule has 0 atom stereocenters. The molecule has 2 aromatic rings. The van der Waals surface area contributed by atoms with Crippen LogP contribution in [0.3, 0.4) is 0 Å². The van der Waals surface area contributed by atoms with Gasteiger partial charge in [-0.15, -0.1) is 0 Å². The number of aromatic amines is 1. The first-order valence-electron chi connectivity index (χ1n) is 6.40. The highest BCUT2D eigenvalue weighted by Crippen LogP contribution is 2.22. The minimum absolute atomic E-state index is 0.207. The molecule has 0 spiro atoms. The zero-order chi connectivity index (χ0) is 15.4. The average molecular weight is 345 g/mol. The SMILES string of the molecule is CCc1n[nH]c(=S)n1CCNC(=O)c1ccc(Cl)c(Cl)c1. The Labute approximate surface area is 137 Å². The van der Waals surface area contributed by atoms with Gasteiger partial charge >= 0.3 is 0 Å². The fraction of sp³-hybridized carbons (Fsp3) is 0.308. The Morgan fingerprint density at radius 3 is 2.86 bits per heavy atom. The molecule has 1 aromatic heterocycles. The molecule has 0 unspecified atom stereocenters. The predicted octanol–water partition coefficient (Wildman–Crippen LogP) is 3.24. The summed E-state index contributed by atoms with van der Waals surface area (Å²) in [5.41, 5.74) is 0.468. The van der Waals surface area contributed by atoms with Gasteiger partial charge in [-0.25, -0.2) is 0 Å². The van der Waals surface area contributed by atoms with E-state index >= 15 is 0 Å². The molecule has 1 heterocycles. The minimum Gasteiger partial charge on any atom is -0.350 e. The molecule has 0 saturated carbocycles. The molecule has 0 radical (unpaired) electrons. The van der Waals surface area contributed by atoms with Crippen LogP contribution >= 0.6 is 35.4 Å². The van der Waals surface area contributed by atoms with E-state index in [0.29, 0.717) is 33.5 Å². The van der Waals surface area contributed by atoms with Crippen molar-refractivity contribution in [3.63, 3.8) is 0 Å². The minimum atomic E-state index is -0.207. The highest BCUT2D eigenvalue weighted by Gasteiger charge is 2.08. The zero-order valence-corrected chi connectivity index (χ0v) is 13.6. The molecule has 0 fully saturated rings. The Bertz CT molecular complexity index is 710. The van der Waals surface area contributed by atoms with Gasteiger partial charge in [0.15, 0.2) is 4.77 Å². The summed E-state index contributed by atoms with van der Waals surface area (Å²) in [6, 6.07) is 4.77. The van der Waals surface area contributed by atoms with E-state index in [1.54, 1.807) is 18.2 Å². The van der Waals surface area contributed by atoms with Gasteiger partial charge in [0, 0.05) is 25.1 Å². The summed E-state index contributed by atoms with van der Waals surface area (Å²) in [7, 11) is 0. The molecule has 0 aliphatic rings. The third-order valence-corrected chi connectivity index (χ3v) is 4.01. The fourth-order valence-electron chi connectivity index (χ4n) is 1.87. The number of nitrogens with zero attached hydrogens (tertiary/aromatic N) is 2. The van der Waals surface area contributed by atoms with Crippen LogP contribution in [-0.4, -0.2) is 27.2 Å². The number of hydrogen-bond acceptors (Lipinski definition) is 3. The summed E-state index contributed by atoms with van der Waals surface area (Å²) in [6.07, 6.45) is 0.772. The largest absolute Gasteiger partial charge is 0.350 e. The van der Waals surface area contributed by atoms with Crippen molar-refractivity contribution in [2.45, 2.75) is 19.9 Å². The summed E-state index contributed by atoms with van der Waals surface area (Å²) >= 11 is 16.9. The first-order chi connectivity index (χ1) is 10.0. The Morgan fingerprint density at radius 1 is 1.43 bits per heavy atom. The second-order valence-electron chi connectivity index (χ2n) is 4.33. The summed E-state index contributed by atoms with van der Waals surface area (Å²) < 4.78 is 2.42. The smallest absolute Gasteiger partial charge is 0.251 e. The molecule has 1 amide bonds. The van der Waals surface area contributed by atoms with Gasteiger partial charge in [0.05, 0.1) is 10.0 Å². The molecule has 0 saturated heterocycles. The Morgan fingerprint density at radius 2 is 2.19 bits per heavy atom. The lowest BCUT2D eigenvalue weighted by Gasteiger charge is -2.08. The van der Waals surface area contributed by atoms with Crippen molar-refractivity contribution in [3.8, 4) is 0 Å². The van der Waals surface area contributed by atoms with E-state index in [2.05, 4.69) is 15.5 Å². The van der Waals surface area contributed by atoms with Crippen LogP contribution in [0.2, 0.25) is 10.0 Å². The van der Waals surface area contributed by atoms with Crippen molar-refractivity contribution >= 4 is 41.3 Å². The molecule has 5 nitrogen and oxygen atoms in total. The maximum Gasteiger partial charge on any atom is 0.251 e. The molecule has 0 bridgehead atoms. The van der Waals surface area contributed by atoms with Crippen LogP contribution in [0.1, 0.15) is 23.1 Å². The van der Waals surface area contributed by atoms with Crippen LogP contribution in [0.5, 0.6) is 0 Å². The van der Waals surface area contributed by atoms with Gasteiger partial charge in [0.2, 0.25) is 0 Å². The Hall–Kier alpha value is -1.37. The van der Waals surface area contributed by atoms with Crippen LogP contribution < -0.4 is 5.32 Å². The summed E-state index contributed by atoms with van der Waals surface area (Å²) in [4.78, 5) is 12.0. The van der Waals surface area contributed by atoms with Crippen LogP contribution in [0.25, 0.3) is 0 Å². The molecule has 2 N–H and O–H groups in total. The Balaban J connectivity index is 1.96. The van der Waals surface area contributed by atoms with Gasteiger partial charge < -0.3 is 9.88 Å². The van der Waals surface area contributed by atoms with E-state index in [1.165, 1.54) is 0 Å². The maximum atomic E-state index is 12.0. The number of H-pyrrole nitrogens is 1. The standard InChI is InChI=1S/C13H14Cl2N4OS/c1-2-11-17-18-13(21)19(11)6-5-16-12(20)8-3-4-9(14)10(15)7-8/h3-4,7H,2,5-6H2,1H3,(H,16,20)(H,18,21). The van der Waals surface area contributed by atoms with E-state index in [1.807, 2.05) is 11.5 Å². The average Bonchev–Trinajstić information content (AvgIpc) is 2.82. The number of rotatable bonds is 5. The van der Waals surface area contributed by atoms with Gasteiger partial charge in [-0.1, -0.05) is 30.1 Å². The molecule has 21 heavy (non-hydrogen) atoms. The number of amides is 1. The van der Waals surface area contributed by atoms with Crippen molar-refractivity contribution in [2.75, 3.05) is 6.54 Å². The number of carbonyl (C=O) groups is 1.